The number of benzene rings is 1. The summed E-state index contributed by atoms with van der Waals surface area (Å²) in [5.41, 5.74) is -0.707. The highest BCUT2D eigenvalue weighted by Crippen LogP contribution is 2.18. The van der Waals surface area contributed by atoms with Crippen molar-refractivity contribution >= 4 is 28.3 Å². The summed E-state index contributed by atoms with van der Waals surface area (Å²) in [5, 5.41) is 5.38. The number of anilines is 1. The van der Waals surface area contributed by atoms with E-state index < -0.39 is 35.1 Å². The second-order valence-electron chi connectivity index (χ2n) is 5.56. The highest BCUT2D eigenvalue weighted by atomic mass is 32.1. The zero-order chi connectivity index (χ0) is 17.9. The van der Waals surface area contributed by atoms with Crippen LogP contribution < -0.4 is 10.6 Å². The van der Waals surface area contributed by atoms with Gasteiger partial charge in [-0.3, -0.25) is 9.59 Å². The van der Waals surface area contributed by atoms with E-state index in [9.17, 15) is 18.4 Å². The van der Waals surface area contributed by atoms with Crippen molar-refractivity contribution in [1.29, 1.82) is 0 Å². The predicted molar refractivity (Wildman–Crippen MR) is 87.9 cm³/mol. The van der Waals surface area contributed by atoms with Crippen LogP contribution in [0.25, 0.3) is 0 Å². The second-order valence-corrected chi connectivity index (χ2v) is 6.79. The van der Waals surface area contributed by atoms with Crippen molar-refractivity contribution in [2.45, 2.75) is 26.8 Å². The Hall–Kier alpha value is -2.35. The van der Waals surface area contributed by atoms with Gasteiger partial charge in [0, 0.05) is 11.1 Å². The Kier molecular flexibility index (Phi) is 5.61. The second kappa shape index (κ2) is 7.48. The monoisotopic (exact) mass is 353 g/mol. The molecular weight excluding hydrogens is 336 g/mol. The molecule has 2 aromatic rings. The van der Waals surface area contributed by atoms with Crippen molar-refractivity contribution in [2.24, 2.45) is 5.92 Å². The molecule has 1 heterocycles. The Morgan fingerprint density at radius 1 is 1.21 bits per heavy atom. The molecule has 0 saturated heterocycles. The van der Waals surface area contributed by atoms with Gasteiger partial charge in [-0.15, -0.1) is 11.3 Å². The van der Waals surface area contributed by atoms with Crippen molar-refractivity contribution in [3.8, 4) is 0 Å². The lowest BCUT2D eigenvalue weighted by atomic mass is 10.0. The van der Waals surface area contributed by atoms with Crippen molar-refractivity contribution < 1.29 is 18.4 Å². The quantitative estimate of drug-likeness (QED) is 0.868. The number of amides is 2. The molecule has 0 spiro atoms. The van der Waals surface area contributed by atoms with Crippen LogP contribution >= 0.6 is 11.3 Å². The average Bonchev–Trinajstić information content (AvgIpc) is 2.89. The number of aryl methyl sites for hydroxylation is 1. The summed E-state index contributed by atoms with van der Waals surface area (Å²) in [4.78, 5) is 29.5. The molecule has 0 fully saturated rings. The van der Waals surface area contributed by atoms with E-state index in [0.29, 0.717) is 5.13 Å². The number of carbonyl (C=O) groups is 2. The highest BCUT2D eigenvalue weighted by molar-refractivity contribution is 7.15. The third-order valence-electron chi connectivity index (χ3n) is 3.28. The number of nitrogens with zero attached hydrogens (tertiary/aromatic N) is 1. The molecule has 1 aromatic carbocycles. The van der Waals surface area contributed by atoms with Crippen LogP contribution in [0, 0.1) is 24.5 Å². The maximum Gasteiger partial charge on any atom is 0.257 e. The van der Waals surface area contributed by atoms with Gasteiger partial charge in [-0.2, -0.15) is 0 Å². The van der Waals surface area contributed by atoms with E-state index in [1.165, 1.54) is 17.4 Å². The first-order valence-corrected chi connectivity index (χ1v) is 8.09. The number of rotatable bonds is 5. The van der Waals surface area contributed by atoms with E-state index >= 15 is 0 Å². The molecule has 24 heavy (non-hydrogen) atoms. The van der Waals surface area contributed by atoms with E-state index in [1.807, 2.05) is 6.92 Å². The topological polar surface area (TPSA) is 71.1 Å². The van der Waals surface area contributed by atoms with Crippen LogP contribution in [0.5, 0.6) is 0 Å². The first-order chi connectivity index (χ1) is 11.3. The first kappa shape index (κ1) is 18.0. The summed E-state index contributed by atoms with van der Waals surface area (Å²) in [6.07, 6.45) is 1.61. The zero-order valence-electron chi connectivity index (χ0n) is 13.4. The molecular formula is C16H17F2N3O2S. The Morgan fingerprint density at radius 3 is 2.33 bits per heavy atom. The molecule has 5 nitrogen and oxygen atoms in total. The van der Waals surface area contributed by atoms with Crippen molar-refractivity contribution in [3.63, 3.8) is 0 Å². The third kappa shape index (κ3) is 4.14. The highest BCUT2D eigenvalue weighted by Gasteiger charge is 2.27. The SMILES string of the molecule is Cc1cnc(NC(=O)C(NC(=O)c2c(F)cccc2F)C(C)C)s1. The predicted octanol–water partition coefficient (Wildman–Crippen LogP) is 3.12. The van der Waals surface area contributed by atoms with Gasteiger partial charge >= 0.3 is 0 Å². The number of halogens is 2. The molecule has 8 heteroatoms. The molecule has 1 unspecified atom stereocenters. The summed E-state index contributed by atoms with van der Waals surface area (Å²) in [6.45, 7) is 5.28. The number of hydrogen-bond acceptors (Lipinski definition) is 4. The molecule has 0 bridgehead atoms. The van der Waals surface area contributed by atoms with E-state index in [-0.39, 0.29) is 5.92 Å². The summed E-state index contributed by atoms with van der Waals surface area (Å²) >= 11 is 1.29. The van der Waals surface area contributed by atoms with Gasteiger partial charge in [0.25, 0.3) is 5.91 Å². The molecule has 1 aromatic heterocycles. The van der Waals surface area contributed by atoms with E-state index in [4.69, 9.17) is 0 Å². The van der Waals surface area contributed by atoms with Gasteiger partial charge in [0.05, 0.1) is 0 Å². The van der Waals surface area contributed by atoms with E-state index in [1.54, 1.807) is 20.0 Å². The van der Waals surface area contributed by atoms with Crippen molar-refractivity contribution in [1.82, 2.24) is 10.3 Å². The lowest BCUT2D eigenvalue weighted by molar-refractivity contribution is -0.118. The van der Waals surface area contributed by atoms with Crippen molar-refractivity contribution in [2.75, 3.05) is 5.32 Å². The van der Waals surface area contributed by atoms with Gasteiger partial charge in [0.2, 0.25) is 5.91 Å². The summed E-state index contributed by atoms with van der Waals surface area (Å²) in [6, 6.07) is 2.18. The molecule has 2 amide bonds. The molecule has 0 saturated carbocycles. The van der Waals surface area contributed by atoms with Crippen LogP contribution in [0.3, 0.4) is 0 Å². The fourth-order valence-electron chi connectivity index (χ4n) is 2.06. The number of hydrogen-bond donors (Lipinski definition) is 2. The molecule has 2 N–H and O–H groups in total. The number of aromatic nitrogens is 1. The fraction of sp³-hybridized carbons (Fsp3) is 0.312. The summed E-state index contributed by atoms with van der Waals surface area (Å²) in [7, 11) is 0. The minimum Gasteiger partial charge on any atom is -0.340 e. The van der Waals surface area contributed by atoms with E-state index in [0.717, 1.165) is 17.0 Å². The standard InChI is InChI=1S/C16H17F2N3O2S/c1-8(2)13(15(23)21-16-19-7-9(3)24-16)20-14(22)12-10(17)5-4-6-11(12)18/h4-8,13H,1-3H3,(H,20,22)(H,19,21,23). The lowest BCUT2D eigenvalue weighted by Gasteiger charge is -2.21. The maximum absolute atomic E-state index is 13.7. The van der Waals surface area contributed by atoms with Crippen molar-refractivity contribution in [3.05, 3.63) is 46.5 Å². The van der Waals surface area contributed by atoms with E-state index in [2.05, 4.69) is 15.6 Å². The van der Waals surface area contributed by atoms with Gasteiger partial charge < -0.3 is 10.6 Å². The number of carbonyl (C=O) groups excluding carboxylic acids is 2. The minimum atomic E-state index is -0.981. The fourth-order valence-corrected chi connectivity index (χ4v) is 2.73. The van der Waals surface area contributed by atoms with Crippen LogP contribution in [-0.4, -0.2) is 22.8 Å². The van der Waals surface area contributed by atoms with Gasteiger partial charge in [0.1, 0.15) is 23.2 Å². The van der Waals surface area contributed by atoms with Crippen LogP contribution in [0.1, 0.15) is 29.1 Å². The molecule has 0 aliphatic heterocycles. The molecule has 0 aliphatic rings. The molecule has 1 atom stereocenters. The average molecular weight is 353 g/mol. The van der Waals surface area contributed by atoms with Crippen LogP contribution in [0.15, 0.2) is 24.4 Å². The first-order valence-electron chi connectivity index (χ1n) is 7.27. The zero-order valence-corrected chi connectivity index (χ0v) is 14.2. The Balaban J connectivity index is 2.16. The normalized spacial score (nSPS) is 12.1. The Morgan fingerprint density at radius 2 is 1.83 bits per heavy atom. The smallest absolute Gasteiger partial charge is 0.257 e. The molecule has 0 radical (unpaired) electrons. The molecule has 2 rings (SSSR count). The lowest BCUT2D eigenvalue weighted by Crippen LogP contribution is -2.47. The molecule has 128 valence electrons. The number of nitrogens with one attached hydrogen (secondary N) is 2. The van der Waals surface area contributed by atoms with Gasteiger partial charge in [-0.25, -0.2) is 13.8 Å². The summed E-state index contributed by atoms with van der Waals surface area (Å²) < 4.78 is 27.4. The summed E-state index contributed by atoms with van der Waals surface area (Å²) in [5.74, 6) is -3.72. The van der Waals surface area contributed by atoms with Gasteiger partial charge in [-0.1, -0.05) is 19.9 Å². The van der Waals surface area contributed by atoms with Gasteiger partial charge in [0.15, 0.2) is 5.13 Å². The minimum absolute atomic E-state index is 0.287. The van der Waals surface area contributed by atoms with Crippen LogP contribution in [-0.2, 0) is 4.79 Å². The largest absolute Gasteiger partial charge is 0.340 e. The Labute approximate surface area is 142 Å². The van der Waals surface area contributed by atoms with Crippen LogP contribution in [0.4, 0.5) is 13.9 Å². The number of thiazole rings is 1. The van der Waals surface area contributed by atoms with Crippen LogP contribution in [0.2, 0.25) is 0 Å². The maximum atomic E-state index is 13.7. The molecule has 0 aliphatic carbocycles. The third-order valence-corrected chi connectivity index (χ3v) is 4.11. The van der Waals surface area contributed by atoms with Gasteiger partial charge in [-0.05, 0) is 25.0 Å². The Bertz CT molecular complexity index is 741.